The van der Waals surface area contributed by atoms with E-state index in [1.807, 2.05) is 0 Å². The van der Waals surface area contributed by atoms with Crippen molar-refractivity contribution in [2.45, 2.75) is 68.2 Å². The van der Waals surface area contributed by atoms with Crippen molar-refractivity contribution >= 4 is 22.6 Å². The van der Waals surface area contributed by atoms with E-state index in [0.717, 1.165) is 51.1 Å². The average molecular weight is 673 g/mol. The van der Waals surface area contributed by atoms with E-state index in [-0.39, 0.29) is 23.5 Å². The second kappa shape index (κ2) is 11.0. The van der Waals surface area contributed by atoms with Gasteiger partial charge in [-0.05, 0) is 93.1 Å². The fraction of sp³-hybridized carbons (Fsp3) is 0.500. The number of esters is 1. The van der Waals surface area contributed by atoms with Crippen LogP contribution in [0.15, 0.2) is 78.1 Å². The number of para-hydroxylation sites is 1. The Morgan fingerprint density at radius 1 is 1.08 bits per heavy atom. The molecular formula is C42H48N4O4. The van der Waals surface area contributed by atoms with Crippen LogP contribution in [0, 0.1) is 17.8 Å². The predicted octanol–water partition coefficient (Wildman–Crippen LogP) is 6.13. The maximum Gasteiger partial charge on any atom is 0.329 e. The molecule has 0 spiro atoms. The molecule has 4 fully saturated rings. The van der Waals surface area contributed by atoms with Gasteiger partial charge >= 0.3 is 5.97 Å². The monoisotopic (exact) mass is 672 g/mol. The Labute approximate surface area is 294 Å². The topological polar surface area (TPSA) is 59.4 Å². The molecule has 8 heteroatoms. The first kappa shape index (κ1) is 30.8. The van der Waals surface area contributed by atoms with Crippen LogP contribution in [0.25, 0.3) is 10.9 Å². The number of rotatable bonds is 4. The van der Waals surface area contributed by atoms with Gasteiger partial charge in [0.2, 0.25) is 0 Å². The van der Waals surface area contributed by atoms with Gasteiger partial charge in [0.05, 0.1) is 38.7 Å². The summed E-state index contributed by atoms with van der Waals surface area (Å²) >= 11 is 0. The number of ether oxygens (including phenoxy) is 3. The van der Waals surface area contributed by atoms with E-state index in [2.05, 4.69) is 107 Å². The second-order valence-corrected chi connectivity index (χ2v) is 15.9. The molecule has 1 aromatic heterocycles. The van der Waals surface area contributed by atoms with Crippen LogP contribution in [0.2, 0.25) is 0 Å². The molecule has 0 saturated carbocycles. The predicted molar refractivity (Wildman–Crippen MR) is 194 cm³/mol. The van der Waals surface area contributed by atoms with Gasteiger partial charge in [-0.2, -0.15) is 0 Å². The van der Waals surface area contributed by atoms with Crippen molar-refractivity contribution < 1.29 is 19.0 Å². The van der Waals surface area contributed by atoms with Gasteiger partial charge in [-0.1, -0.05) is 42.0 Å². The summed E-state index contributed by atoms with van der Waals surface area (Å²) in [7, 11) is 7.87. The molecule has 0 radical (unpaired) electrons. The highest BCUT2D eigenvalue weighted by Gasteiger charge is 2.66. The standard InChI is InChI=1S/C42H48N4O4/c1-6-24-21-45-16-14-33-27-9-7-8-10-35(27)46-40(41(47)49-5)29(24)20-38(45)42(33,46)15-13-25-22-50-23-32-28(25)18-37-39-31(19-36(32)43(37)2)30-17-26(48-4)11-12-34(30)44(39)3/h6-13,15,17,22,28-29,32-33,36-38,40H,14,16,18-21,23H2,1-5H3/t28-,29-,32+,33+,36-,37-,38-,40-,42-/m0/s1. The summed E-state index contributed by atoms with van der Waals surface area (Å²) in [4.78, 5) is 21.8. The number of nitrogens with zero attached hydrogens (tertiary/aromatic N) is 4. The number of anilines is 1. The summed E-state index contributed by atoms with van der Waals surface area (Å²) in [5.74, 6) is 2.04. The number of allylic oxidation sites excluding steroid dienone is 3. The molecule has 0 amide bonds. The first-order valence-electron chi connectivity index (χ1n) is 18.6. The lowest BCUT2D eigenvalue weighted by Gasteiger charge is -2.64. The van der Waals surface area contributed by atoms with Crippen molar-refractivity contribution in [1.82, 2.24) is 14.4 Å². The highest BCUT2D eigenvalue weighted by Crippen LogP contribution is 2.62. The number of aryl methyl sites for hydroxylation is 1. The minimum atomic E-state index is -0.353. The smallest absolute Gasteiger partial charge is 0.329 e. The number of methoxy groups -OCH3 is 2. The molecule has 3 aromatic rings. The lowest BCUT2D eigenvalue weighted by Crippen LogP contribution is -2.75. The van der Waals surface area contributed by atoms with Crippen molar-refractivity contribution in [3.63, 3.8) is 0 Å². The first-order valence-corrected chi connectivity index (χ1v) is 18.6. The van der Waals surface area contributed by atoms with Gasteiger partial charge in [0.15, 0.2) is 0 Å². The number of hydrogen-bond acceptors (Lipinski definition) is 7. The van der Waals surface area contributed by atoms with Crippen LogP contribution in [0.3, 0.4) is 0 Å². The molecule has 2 aromatic carbocycles. The average Bonchev–Trinajstić information content (AvgIpc) is 3.58. The van der Waals surface area contributed by atoms with Gasteiger partial charge in [0.1, 0.15) is 11.8 Å². The van der Waals surface area contributed by atoms with Crippen LogP contribution in [-0.2, 0) is 27.7 Å². The lowest BCUT2D eigenvalue weighted by atomic mass is 9.61. The van der Waals surface area contributed by atoms with E-state index >= 15 is 0 Å². The fourth-order valence-corrected chi connectivity index (χ4v) is 12.1. The summed E-state index contributed by atoms with van der Waals surface area (Å²) in [6.07, 6.45) is 13.4. The minimum Gasteiger partial charge on any atom is -0.501 e. The van der Waals surface area contributed by atoms with Gasteiger partial charge in [0, 0.05) is 65.7 Å². The third-order valence-electron chi connectivity index (χ3n) is 14.3. The summed E-state index contributed by atoms with van der Waals surface area (Å²) in [5.41, 5.74) is 9.11. The van der Waals surface area contributed by atoms with E-state index in [1.54, 1.807) is 14.2 Å². The van der Waals surface area contributed by atoms with Crippen LogP contribution >= 0.6 is 0 Å². The quantitative estimate of drug-likeness (QED) is 0.244. The zero-order valence-electron chi connectivity index (χ0n) is 29.8. The largest absolute Gasteiger partial charge is 0.501 e. The molecule has 0 aliphatic carbocycles. The molecule has 10 rings (SSSR count). The summed E-state index contributed by atoms with van der Waals surface area (Å²) < 4.78 is 20.1. The number of likely N-dealkylation sites (N-methyl/N-ethyl adjacent to an activating group) is 1. The molecule has 50 heavy (non-hydrogen) atoms. The number of aromatic nitrogens is 1. The molecular weight excluding hydrogens is 624 g/mol. The first-order chi connectivity index (χ1) is 24.4. The Kier molecular flexibility index (Phi) is 6.77. The van der Waals surface area contributed by atoms with Crippen LogP contribution < -0.4 is 9.64 Å². The molecule has 0 unspecified atom stereocenters. The number of carbonyl (C=O) groups is 1. The van der Waals surface area contributed by atoms with Crippen molar-refractivity contribution in [2.75, 3.05) is 45.9 Å². The Morgan fingerprint density at radius 2 is 1.94 bits per heavy atom. The van der Waals surface area contributed by atoms with Gasteiger partial charge in [0.25, 0.3) is 0 Å². The van der Waals surface area contributed by atoms with Gasteiger partial charge in [-0.15, -0.1) is 0 Å². The number of fused-ring (bicyclic) bond motifs is 12. The lowest BCUT2D eigenvalue weighted by molar-refractivity contribution is -0.146. The molecule has 260 valence electrons. The summed E-state index contributed by atoms with van der Waals surface area (Å²) in [6, 6.07) is 16.1. The van der Waals surface area contributed by atoms with E-state index in [0.29, 0.717) is 35.9 Å². The summed E-state index contributed by atoms with van der Waals surface area (Å²) in [6.45, 7) is 4.88. The van der Waals surface area contributed by atoms with Crippen LogP contribution in [0.4, 0.5) is 5.69 Å². The van der Waals surface area contributed by atoms with Crippen molar-refractivity contribution in [3.8, 4) is 5.75 Å². The fourth-order valence-electron chi connectivity index (χ4n) is 12.1. The van der Waals surface area contributed by atoms with Gasteiger partial charge in [-0.3, -0.25) is 9.80 Å². The molecule has 8 nitrogen and oxygen atoms in total. The summed E-state index contributed by atoms with van der Waals surface area (Å²) in [5, 5.41) is 1.32. The molecule has 4 bridgehead atoms. The number of piperidine rings is 4. The Bertz CT molecular complexity index is 2010. The molecule has 9 atom stereocenters. The number of carbonyl (C=O) groups excluding carboxylic acids is 1. The third kappa shape index (κ3) is 3.87. The molecule has 7 aliphatic rings. The number of benzene rings is 2. The van der Waals surface area contributed by atoms with Gasteiger partial charge < -0.3 is 23.7 Å². The van der Waals surface area contributed by atoms with Crippen LogP contribution in [0.5, 0.6) is 5.75 Å². The Hall–Kier alpha value is -4.01. The highest BCUT2D eigenvalue weighted by molar-refractivity contribution is 5.88. The second-order valence-electron chi connectivity index (χ2n) is 15.9. The molecule has 0 N–H and O–H groups in total. The molecule has 7 aliphatic heterocycles. The molecule has 4 saturated heterocycles. The third-order valence-corrected chi connectivity index (χ3v) is 14.3. The zero-order valence-corrected chi connectivity index (χ0v) is 29.8. The normalized spacial score (nSPS) is 36.1. The van der Waals surface area contributed by atoms with Crippen LogP contribution in [0.1, 0.15) is 55.0 Å². The Morgan fingerprint density at radius 3 is 2.76 bits per heavy atom. The Balaban J connectivity index is 1.07. The maximum absolute atomic E-state index is 13.9. The van der Waals surface area contributed by atoms with Crippen molar-refractivity contribution in [1.29, 1.82) is 0 Å². The minimum absolute atomic E-state index is 0.123. The van der Waals surface area contributed by atoms with Crippen LogP contribution in [-0.4, -0.2) is 85.0 Å². The van der Waals surface area contributed by atoms with E-state index in [1.165, 1.54) is 44.6 Å². The number of hydrogen-bond donors (Lipinski definition) is 0. The van der Waals surface area contributed by atoms with Crippen molar-refractivity contribution in [2.24, 2.45) is 24.8 Å². The van der Waals surface area contributed by atoms with Crippen molar-refractivity contribution in [3.05, 3.63) is 94.9 Å². The van der Waals surface area contributed by atoms with E-state index in [9.17, 15) is 4.79 Å². The van der Waals surface area contributed by atoms with Gasteiger partial charge in [-0.25, -0.2) is 4.79 Å². The van der Waals surface area contributed by atoms with E-state index < -0.39 is 0 Å². The highest BCUT2D eigenvalue weighted by atomic mass is 16.5. The SMILES string of the molecule is CC=C1CN2CC[C@@H]3c4ccccc4N4[C@H](C(=O)OC)[C@H]1C[C@H]2[C@]34C=CC1=COC[C@@H]2[C@H]1C[C@H]1c3c(c4cc(OC)ccc4n3C)C[C@@H]2N1C. The molecule has 8 heterocycles. The maximum atomic E-state index is 13.9. The zero-order chi connectivity index (χ0) is 34.1. The van der Waals surface area contributed by atoms with E-state index in [4.69, 9.17) is 14.2 Å².